The van der Waals surface area contributed by atoms with Crippen LogP contribution in [-0.4, -0.2) is 27.3 Å². The van der Waals surface area contributed by atoms with E-state index in [9.17, 15) is 28.1 Å². The van der Waals surface area contributed by atoms with Crippen LogP contribution in [0.4, 0.5) is 18.9 Å². The molecule has 0 atom stereocenters. The Balaban J connectivity index is 3.44. The van der Waals surface area contributed by atoms with E-state index in [0.717, 1.165) is 0 Å². The quantitative estimate of drug-likeness (QED) is 0.365. The van der Waals surface area contributed by atoms with Crippen LogP contribution in [0.15, 0.2) is 6.20 Å². The molecule has 0 radical (unpaired) electrons. The number of aromatic nitrogens is 1. The Hall–Kier alpha value is -1.66. The number of hydrogen-bond acceptors (Lipinski definition) is 5. The van der Waals surface area contributed by atoms with Gasteiger partial charge in [0.15, 0.2) is 0 Å². The van der Waals surface area contributed by atoms with Gasteiger partial charge in [-0.05, 0) is 22.6 Å². The van der Waals surface area contributed by atoms with Gasteiger partial charge in [-0.1, -0.05) is 0 Å². The fraction of sp³-hybridized carbons (Fsp3) is 0.250. The lowest BCUT2D eigenvalue weighted by molar-refractivity contribution is -0.389. The molecule has 0 saturated heterocycles. The Morgan fingerprint density at radius 3 is 2.58 bits per heavy atom. The molecule has 0 aliphatic carbocycles. The Bertz CT molecular complexity index is 534. The van der Waals surface area contributed by atoms with Crippen LogP contribution in [0, 0.1) is 13.8 Å². The normalized spacial score (nSPS) is 11.2. The maximum atomic E-state index is 12.2. The average molecular weight is 392 g/mol. The van der Waals surface area contributed by atoms with Gasteiger partial charge in [0.2, 0.25) is 5.75 Å². The van der Waals surface area contributed by atoms with E-state index in [0.29, 0.717) is 6.20 Å². The SMILES string of the molecule is O=C(O)Cc1c(I)ncc([N+](=O)[O-])c1OC(F)(F)F. The highest BCUT2D eigenvalue weighted by Crippen LogP contribution is 2.36. The number of pyridine rings is 1. The summed E-state index contributed by atoms with van der Waals surface area (Å²) >= 11 is 1.47. The van der Waals surface area contributed by atoms with Crippen molar-refractivity contribution in [3.05, 3.63) is 25.6 Å². The number of carboxylic acids is 1. The number of ether oxygens (including phenoxy) is 1. The van der Waals surface area contributed by atoms with Crippen molar-refractivity contribution in [2.45, 2.75) is 12.8 Å². The van der Waals surface area contributed by atoms with Gasteiger partial charge in [-0.25, -0.2) is 4.98 Å². The second kappa shape index (κ2) is 5.54. The molecule has 0 spiro atoms. The number of halogens is 4. The highest BCUT2D eigenvalue weighted by molar-refractivity contribution is 14.1. The van der Waals surface area contributed by atoms with Gasteiger partial charge in [0.25, 0.3) is 0 Å². The summed E-state index contributed by atoms with van der Waals surface area (Å²) in [7, 11) is 0. The number of rotatable bonds is 4. The smallest absolute Gasteiger partial charge is 0.481 e. The van der Waals surface area contributed by atoms with Crippen molar-refractivity contribution in [1.29, 1.82) is 0 Å². The number of aliphatic carboxylic acids is 1. The van der Waals surface area contributed by atoms with E-state index in [1.165, 1.54) is 22.6 Å². The third kappa shape index (κ3) is 4.18. The van der Waals surface area contributed by atoms with Crippen LogP contribution >= 0.6 is 22.6 Å². The fourth-order valence-electron chi connectivity index (χ4n) is 1.17. The van der Waals surface area contributed by atoms with Crippen molar-refractivity contribution < 1.29 is 32.7 Å². The van der Waals surface area contributed by atoms with Crippen molar-refractivity contribution >= 4 is 34.2 Å². The molecule has 0 fully saturated rings. The average Bonchev–Trinajstić information content (AvgIpc) is 2.20. The third-order valence-electron chi connectivity index (χ3n) is 1.80. The Morgan fingerprint density at radius 1 is 1.58 bits per heavy atom. The van der Waals surface area contributed by atoms with Crippen molar-refractivity contribution in [1.82, 2.24) is 4.98 Å². The monoisotopic (exact) mass is 392 g/mol. The number of nitro groups is 1. The van der Waals surface area contributed by atoms with E-state index >= 15 is 0 Å². The molecule has 11 heteroatoms. The highest BCUT2D eigenvalue weighted by Gasteiger charge is 2.37. The number of hydrogen-bond donors (Lipinski definition) is 1. The summed E-state index contributed by atoms with van der Waals surface area (Å²) < 4.78 is 40.1. The second-order valence-electron chi connectivity index (χ2n) is 3.12. The van der Waals surface area contributed by atoms with Gasteiger partial charge in [-0.3, -0.25) is 14.9 Å². The van der Waals surface area contributed by atoms with Crippen molar-refractivity contribution in [3.8, 4) is 5.75 Å². The molecule has 19 heavy (non-hydrogen) atoms. The van der Waals surface area contributed by atoms with E-state index in [1.54, 1.807) is 0 Å². The molecule has 104 valence electrons. The molecule has 0 unspecified atom stereocenters. The van der Waals surface area contributed by atoms with Gasteiger partial charge in [-0.2, -0.15) is 0 Å². The molecule has 1 aromatic heterocycles. The zero-order valence-electron chi connectivity index (χ0n) is 8.77. The molecule has 0 bridgehead atoms. The summed E-state index contributed by atoms with van der Waals surface area (Å²) in [6.45, 7) is 0. The van der Waals surface area contributed by atoms with Gasteiger partial charge in [0.05, 0.1) is 11.3 Å². The van der Waals surface area contributed by atoms with Crippen LogP contribution in [0.5, 0.6) is 5.75 Å². The number of nitrogens with zero attached hydrogens (tertiary/aromatic N) is 2. The topological polar surface area (TPSA) is 103 Å². The van der Waals surface area contributed by atoms with Crippen LogP contribution in [-0.2, 0) is 11.2 Å². The number of carbonyl (C=O) groups is 1. The Morgan fingerprint density at radius 2 is 2.16 bits per heavy atom. The zero-order chi connectivity index (χ0) is 14.8. The van der Waals surface area contributed by atoms with Gasteiger partial charge in [0.1, 0.15) is 9.90 Å². The Kier molecular flexibility index (Phi) is 4.49. The second-order valence-corrected chi connectivity index (χ2v) is 4.14. The molecule has 1 N–H and O–H groups in total. The molecule has 0 aliphatic heterocycles. The minimum Gasteiger partial charge on any atom is -0.481 e. The minimum absolute atomic E-state index is 0.121. The van der Waals surface area contributed by atoms with E-state index in [2.05, 4.69) is 9.72 Å². The Labute approximate surface area is 116 Å². The first-order chi connectivity index (χ1) is 8.61. The minimum atomic E-state index is -5.18. The first-order valence-electron chi connectivity index (χ1n) is 4.41. The summed E-state index contributed by atoms with van der Waals surface area (Å²) in [6, 6.07) is 0. The van der Waals surface area contributed by atoms with Gasteiger partial charge in [0, 0.05) is 5.56 Å². The maximum absolute atomic E-state index is 12.2. The van der Waals surface area contributed by atoms with Crippen molar-refractivity contribution in [2.75, 3.05) is 0 Å². The lowest BCUT2D eigenvalue weighted by Gasteiger charge is -2.13. The number of carboxylic acid groups (broad SMARTS) is 1. The first kappa shape index (κ1) is 15.4. The molecular weight excluding hydrogens is 388 g/mol. The molecule has 1 aromatic rings. The van der Waals surface area contributed by atoms with Crippen LogP contribution in [0.1, 0.15) is 5.56 Å². The third-order valence-corrected chi connectivity index (χ3v) is 2.73. The van der Waals surface area contributed by atoms with E-state index in [-0.39, 0.29) is 3.70 Å². The molecule has 1 heterocycles. The highest BCUT2D eigenvalue weighted by atomic mass is 127. The van der Waals surface area contributed by atoms with Crippen LogP contribution in [0.2, 0.25) is 0 Å². The van der Waals surface area contributed by atoms with Crippen molar-refractivity contribution in [2.24, 2.45) is 0 Å². The lowest BCUT2D eigenvalue weighted by atomic mass is 10.2. The molecule has 0 amide bonds. The summed E-state index contributed by atoms with van der Waals surface area (Å²) in [5.41, 5.74) is -1.55. The zero-order valence-corrected chi connectivity index (χ0v) is 10.9. The van der Waals surface area contributed by atoms with Crippen LogP contribution < -0.4 is 4.74 Å². The molecule has 1 rings (SSSR count). The maximum Gasteiger partial charge on any atom is 0.573 e. The molecule has 0 aliphatic rings. The summed E-state index contributed by atoms with van der Waals surface area (Å²) in [5.74, 6) is -2.62. The number of alkyl halides is 3. The summed E-state index contributed by atoms with van der Waals surface area (Å²) in [5, 5.41) is 19.2. The van der Waals surface area contributed by atoms with Crippen molar-refractivity contribution in [3.63, 3.8) is 0 Å². The molecular formula is C8H4F3IN2O5. The van der Waals surface area contributed by atoms with Gasteiger partial charge < -0.3 is 9.84 Å². The predicted molar refractivity (Wildman–Crippen MR) is 61.6 cm³/mol. The van der Waals surface area contributed by atoms with Gasteiger partial charge in [-0.15, -0.1) is 13.2 Å². The van der Waals surface area contributed by atoms with Crippen LogP contribution in [0.3, 0.4) is 0 Å². The largest absolute Gasteiger partial charge is 0.573 e. The van der Waals surface area contributed by atoms with E-state index < -0.39 is 40.7 Å². The molecule has 0 saturated carbocycles. The standard InChI is InChI=1S/C8H4F3IN2O5/c9-8(10,11)19-6-3(1-5(15)16)7(12)13-2-4(6)14(17)18/h2H,1H2,(H,15,16). The summed E-state index contributed by atoms with van der Waals surface area (Å²) in [6.07, 6.45) is -5.48. The first-order valence-corrected chi connectivity index (χ1v) is 5.49. The molecule has 0 aromatic carbocycles. The summed E-state index contributed by atoms with van der Waals surface area (Å²) in [4.78, 5) is 23.6. The van der Waals surface area contributed by atoms with Gasteiger partial charge >= 0.3 is 18.0 Å². The van der Waals surface area contributed by atoms with E-state index in [4.69, 9.17) is 5.11 Å². The fourth-order valence-corrected chi connectivity index (χ4v) is 1.74. The van der Waals surface area contributed by atoms with Crippen LogP contribution in [0.25, 0.3) is 0 Å². The lowest BCUT2D eigenvalue weighted by Crippen LogP contribution is -2.20. The predicted octanol–water partition coefficient (Wildman–Crippen LogP) is 2.12. The van der Waals surface area contributed by atoms with E-state index in [1.807, 2.05) is 0 Å². The molecule has 7 nitrogen and oxygen atoms in total.